The van der Waals surface area contributed by atoms with Gasteiger partial charge in [0.05, 0.1) is 18.8 Å². The van der Waals surface area contributed by atoms with Crippen molar-refractivity contribution in [2.45, 2.75) is 13.5 Å². The van der Waals surface area contributed by atoms with Crippen LogP contribution in [0.25, 0.3) is 0 Å². The molecule has 0 saturated heterocycles. The number of ketones is 1. The molecular weight excluding hydrogens is 222 g/mol. The van der Waals surface area contributed by atoms with Gasteiger partial charge in [0.1, 0.15) is 11.5 Å². The summed E-state index contributed by atoms with van der Waals surface area (Å²) in [6.45, 7) is 1.29. The van der Waals surface area contributed by atoms with E-state index in [0.717, 1.165) is 0 Å². The number of carbonyl (C=O) groups is 2. The van der Waals surface area contributed by atoms with Crippen LogP contribution in [0.1, 0.15) is 12.5 Å². The zero-order chi connectivity index (χ0) is 12.4. The number of nitrogens with zero attached hydrogens (tertiary/aromatic N) is 1. The Morgan fingerprint density at radius 2 is 2.29 bits per heavy atom. The molecule has 1 N–H and O–H groups in total. The highest BCUT2D eigenvalue weighted by atomic mass is 16.5. The minimum atomic E-state index is -0.247. The van der Waals surface area contributed by atoms with Crippen molar-refractivity contribution in [3.8, 4) is 5.75 Å². The first-order chi connectivity index (χ1) is 8.11. The maximum absolute atomic E-state index is 11.7. The van der Waals surface area contributed by atoms with Gasteiger partial charge in [0.25, 0.3) is 5.91 Å². The van der Waals surface area contributed by atoms with Crippen LogP contribution in [0, 0.1) is 0 Å². The van der Waals surface area contributed by atoms with Crippen molar-refractivity contribution in [3.05, 3.63) is 23.8 Å². The SMILES string of the molecule is CC(=O)CN1C(=O)COc2ccc(CO)cc21. The number of fused-ring (bicyclic) bond motifs is 1. The summed E-state index contributed by atoms with van der Waals surface area (Å²) in [6, 6.07) is 5.08. The van der Waals surface area contributed by atoms with Crippen molar-refractivity contribution in [2.75, 3.05) is 18.1 Å². The molecule has 0 atom stereocenters. The lowest BCUT2D eigenvalue weighted by Crippen LogP contribution is -2.41. The lowest BCUT2D eigenvalue weighted by molar-refractivity contribution is -0.123. The standard InChI is InChI=1S/C12H13NO4/c1-8(15)5-13-10-4-9(6-14)2-3-11(10)17-7-12(13)16/h2-4,14H,5-7H2,1H3. The van der Waals surface area contributed by atoms with Crippen LogP contribution < -0.4 is 9.64 Å². The van der Waals surface area contributed by atoms with E-state index in [0.29, 0.717) is 17.0 Å². The van der Waals surface area contributed by atoms with Crippen LogP contribution in [0.5, 0.6) is 5.75 Å². The summed E-state index contributed by atoms with van der Waals surface area (Å²) in [5.41, 5.74) is 1.22. The Hall–Kier alpha value is -1.88. The van der Waals surface area contributed by atoms with Gasteiger partial charge in [0.2, 0.25) is 0 Å². The number of rotatable bonds is 3. The third kappa shape index (κ3) is 2.29. The van der Waals surface area contributed by atoms with Gasteiger partial charge < -0.3 is 9.84 Å². The van der Waals surface area contributed by atoms with Gasteiger partial charge in [0.15, 0.2) is 6.61 Å². The third-order valence-corrected chi connectivity index (χ3v) is 2.53. The zero-order valence-corrected chi connectivity index (χ0v) is 9.47. The van der Waals surface area contributed by atoms with E-state index in [1.807, 2.05) is 0 Å². The van der Waals surface area contributed by atoms with E-state index in [9.17, 15) is 9.59 Å². The topological polar surface area (TPSA) is 66.8 Å². The van der Waals surface area contributed by atoms with E-state index in [-0.39, 0.29) is 31.4 Å². The fourth-order valence-corrected chi connectivity index (χ4v) is 1.74. The molecular formula is C12H13NO4. The minimum absolute atomic E-state index is 0.0318. The normalized spacial score (nSPS) is 14.2. The summed E-state index contributed by atoms with van der Waals surface area (Å²) < 4.78 is 5.26. The number of aliphatic hydroxyl groups is 1. The number of aliphatic hydroxyl groups excluding tert-OH is 1. The molecule has 1 amide bonds. The highest BCUT2D eigenvalue weighted by molar-refractivity contribution is 6.02. The summed E-state index contributed by atoms with van der Waals surface area (Å²) in [4.78, 5) is 24.2. The molecule has 1 aliphatic rings. The molecule has 90 valence electrons. The Morgan fingerprint density at radius 3 is 2.94 bits per heavy atom. The molecule has 0 radical (unpaired) electrons. The average molecular weight is 235 g/mol. The Kier molecular flexibility index (Phi) is 3.10. The van der Waals surface area contributed by atoms with E-state index < -0.39 is 0 Å². The zero-order valence-electron chi connectivity index (χ0n) is 9.47. The molecule has 5 heteroatoms. The molecule has 0 spiro atoms. The molecule has 0 bridgehead atoms. The maximum Gasteiger partial charge on any atom is 0.265 e. The van der Waals surface area contributed by atoms with Crippen molar-refractivity contribution in [1.29, 1.82) is 0 Å². The summed E-state index contributed by atoms with van der Waals surface area (Å²) in [5.74, 6) is 0.214. The molecule has 0 aromatic heterocycles. The first-order valence-corrected chi connectivity index (χ1v) is 5.28. The van der Waals surface area contributed by atoms with Gasteiger partial charge in [-0.3, -0.25) is 14.5 Å². The highest BCUT2D eigenvalue weighted by Gasteiger charge is 2.26. The number of carbonyl (C=O) groups excluding carboxylic acids is 2. The number of Topliss-reactive ketones (excluding diaryl/α,β-unsaturated/α-hetero) is 1. The summed E-state index contributed by atoms with van der Waals surface area (Å²) in [6.07, 6.45) is 0. The van der Waals surface area contributed by atoms with Crippen molar-refractivity contribution in [2.24, 2.45) is 0 Å². The van der Waals surface area contributed by atoms with Gasteiger partial charge in [-0.05, 0) is 24.6 Å². The Bertz CT molecular complexity index is 470. The summed E-state index contributed by atoms with van der Waals surface area (Å²) in [7, 11) is 0. The molecule has 1 aliphatic heterocycles. The maximum atomic E-state index is 11.7. The Morgan fingerprint density at radius 1 is 1.53 bits per heavy atom. The van der Waals surface area contributed by atoms with Crippen LogP contribution >= 0.6 is 0 Å². The second kappa shape index (κ2) is 4.55. The summed E-state index contributed by atoms with van der Waals surface area (Å²) >= 11 is 0. The van der Waals surface area contributed by atoms with Gasteiger partial charge in [-0.15, -0.1) is 0 Å². The highest BCUT2D eigenvalue weighted by Crippen LogP contribution is 2.32. The summed E-state index contributed by atoms with van der Waals surface area (Å²) in [5, 5.41) is 9.06. The monoisotopic (exact) mass is 235 g/mol. The van der Waals surface area contributed by atoms with E-state index in [1.54, 1.807) is 18.2 Å². The van der Waals surface area contributed by atoms with Crippen molar-refractivity contribution >= 4 is 17.4 Å². The average Bonchev–Trinajstić information content (AvgIpc) is 2.32. The number of anilines is 1. The first-order valence-electron chi connectivity index (χ1n) is 5.28. The quantitative estimate of drug-likeness (QED) is 0.828. The van der Waals surface area contributed by atoms with Gasteiger partial charge in [0, 0.05) is 0 Å². The smallest absolute Gasteiger partial charge is 0.265 e. The lowest BCUT2D eigenvalue weighted by Gasteiger charge is -2.28. The molecule has 0 fully saturated rings. The number of benzene rings is 1. The predicted octanol–water partition coefficient (Wildman–Crippen LogP) is 0.493. The fraction of sp³-hybridized carbons (Fsp3) is 0.333. The molecule has 1 heterocycles. The number of hydrogen-bond acceptors (Lipinski definition) is 4. The molecule has 1 aromatic rings. The van der Waals surface area contributed by atoms with Gasteiger partial charge >= 0.3 is 0 Å². The van der Waals surface area contributed by atoms with Crippen LogP contribution in [0.3, 0.4) is 0 Å². The van der Waals surface area contributed by atoms with E-state index in [4.69, 9.17) is 9.84 Å². The fourth-order valence-electron chi connectivity index (χ4n) is 1.74. The molecule has 5 nitrogen and oxygen atoms in total. The van der Waals surface area contributed by atoms with Crippen molar-refractivity contribution in [1.82, 2.24) is 0 Å². The van der Waals surface area contributed by atoms with Gasteiger partial charge in [-0.2, -0.15) is 0 Å². The number of amides is 1. The number of ether oxygens (including phenoxy) is 1. The van der Waals surface area contributed by atoms with Crippen LogP contribution in [0.4, 0.5) is 5.69 Å². The largest absolute Gasteiger partial charge is 0.482 e. The van der Waals surface area contributed by atoms with E-state index in [2.05, 4.69) is 0 Å². The van der Waals surface area contributed by atoms with E-state index >= 15 is 0 Å². The Balaban J connectivity index is 2.41. The van der Waals surface area contributed by atoms with Crippen molar-refractivity contribution in [3.63, 3.8) is 0 Å². The number of hydrogen-bond donors (Lipinski definition) is 1. The van der Waals surface area contributed by atoms with E-state index in [1.165, 1.54) is 11.8 Å². The predicted molar refractivity (Wildman–Crippen MR) is 60.9 cm³/mol. The van der Waals surface area contributed by atoms with Crippen LogP contribution in [-0.4, -0.2) is 29.9 Å². The minimum Gasteiger partial charge on any atom is -0.482 e. The second-order valence-electron chi connectivity index (χ2n) is 3.93. The first kappa shape index (κ1) is 11.6. The van der Waals surface area contributed by atoms with Crippen molar-refractivity contribution < 1.29 is 19.4 Å². The molecule has 17 heavy (non-hydrogen) atoms. The third-order valence-electron chi connectivity index (χ3n) is 2.53. The van der Waals surface area contributed by atoms with Crippen LogP contribution in [-0.2, 0) is 16.2 Å². The van der Waals surface area contributed by atoms with Crippen LogP contribution in [0.2, 0.25) is 0 Å². The molecule has 0 aliphatic carbocycles. The molecule has 2 rings (SSSR count). The van der Waals surface area contributed by atoms with Crippen LogP contribution in [0.15, 0.2) is 18.2 Å². The van der Waals surface area contributed by atoms with Gasteiger partial charge in [-0.25, -0.2) is 0 Å². The molecule has 0 unspecified atom stereocenters. The molecule has 1 aromatic carbocycles. The Labute approximate surface area is 98.6 Å². The molecule has 0 saturated carbocycles. The van der Waals surface area contributed by atoms with Gasteiger partial charge in [-0.1, -0.05) is 6.07 Å². The second-order valence-corrected chi connectivity index (χ2v) is 3.93. The lowest BCUT2D eigenvalue weighted by atomic mass is 10.1.